The first-order chi connectivity index (χ1) is 17.2. The van der Waals surface area contributed by atoms with Gasteiger partial charge in [0.25, 0.3) is 11.8 Å². The lowest BCUT2D eigenvalue weighted by Gasteiger charge is -2.22. The average Bonchev–Trinajstić information content (AvgIpc) is 3.31. The van der Waals surface area contributed by atoms with Gasteiger partial charge in [-0.05, 0) is 53.1 Å². The van der Waals surface area contributed by atoms with Crippen LogP contribution in [0.4, 0.5) is 5.69 Å². The number of aryl methyl sites for hydroxylation is 1. The highest BCUT2D eigenvalue weighted by atomic mass is 16.5. The fourth-order valence-corrected chi connectivity index (χ4v) is 3.69. The summed E-state index contributed by atoms with van der Waals surface area (Å²) in [5, 5.41) is 15.5. The Morgan fingerprint density at radius 1 is 1.08 bits per heavy atom. The number of benzene rings is 2. The number of hydrogen-bond donors (Lipinski definition) is 2. The summed E-state index contributed by atoms with van der Waals surface area (Å²) in [4.78, 5) is 30.1. The molecule has 0 aliphatic rings. The van der Waals surface area contributed by atoms with Gasteiger partial charge in [0.05, 0.1) is 24.0 Å². The maximum Gasteiger partial charge on any atom is 0.271 e. The number of carbonyl (C=O) groups is 2. The Balaban J connectivity index is 1.91. The molecule has 0 saturated carbocycles. The SMILES string of the molecule is COc1c(C#N)cc(C(C)(C)C)cc1NC(=O)c1ccc(C)c(-n2cnc(C(=O)NCC(C)(C)C)c2)c1. The molecule has 0 fully saturated rings. The van der Waals surface area contributed by atoms with E-state index in [2.05, 4.69) is 21.7 Å². The van der Waals surface area contributed by atoms with Gasteiger partial charge in [0.15, 0.2) is 5.75 Å². The number of anilines is 1. The van der Waals surface area contributed by atoms with Gasteiger partial charge in [-0.25, -0.2) is 4.98 Å². The lowest BCUT2D eigenvalue weighted by Crippen LogP contribution is -2.32. The number of carbonyl (C=O) groups excluding carboxylic acids is 2. The van der Waals surface area contributed by atoms with E-state index in [1.807, 2.05) is 60.6 Å². The van der Waals surface area contributed by atoms with E-state index in [0.29, 0.717) is 34.8 Å². The Kier molecular flexibility index (Phi) is 7.77. The number of nitrogens with one attached hydrogen (secondary N) is 2. The smallest absolute Gasteiger partial charge is 0.271 e. The van der Waals surface area contributed by atoms with Crippen LogP contribution in [0.15, 0.2) is 42.9 Å². The molecule has 3 aromatic rings. The molecule has 0 atom stereocenters. The first-order valence-corrected chi connectivity index (χ1v) is 12.1. The normalized spacial score (nSPS) is 11.5. The van der Waals surface area contributed by atoms with E-state index in [1.54, 1.807) is 35.3 Å². The molecule has 0 radical (unpaired) electrons. The van der Waals surface area contributed by atoms with Crippen molar-refractivity contribution in [3.8, 4) is 17.5 Å². The van der Waals surface area contributed by atoms with Gasteiger partial charge in [-0.1, -0.05) is 47.6 Å². The second-order valence-corrected chi connectivity index (χ2v) is 11.3. The van der Waals surface area contributed by atoms with Crippen molar-refractivity contribution < 1.29 is 14.3 Å². The van der Waals surface area contributed by atoms with Crippen LogP contribution in [0.1, 0.15) is 79.1 Å². The molecule has 1 aromatic heterocycles. The number of hydrogen-bond acceptors (Lipinski definition) is 5. The summed E-state index contributed by atoms with van der Waals surface area (Å²) in [6.45, 7) is 14.7. The third kappa shape index (κ3) is 6.56. The Morgan fingerprint density at radius 3 is 2.38 bits per heavy atom. The van der Waals surface area contributed by atoms with Crippen LogP contribution in [0.25, 0.3) is 5.69 Å². The molecule has 3 rings (SSSR count). The van der Waals surface area contributed by atoms with Crippen LogP contribution in [0.2, 0.25) is 0 Å². The van der Waals surface area contributed by atoms with E-state index in [1.165, 1.54) is 7.11 Å². The van der Waals surface area contributed by atoms with E-state index in [9.17, 15) is 14.9 Å². The van der Waals surface area contributed by atoms with Crippen LogP contribution in [-0.2, 0) is 5.41 Å². The van der Waals surface area contributed by atoms with Crippen molar-refractivity contribution >= 4 is 17.5 Å². The highest BCUT2D eigenvalue weighted by molar-refractivity contribution is 6.05. The molecule has 0 aliphatic carbocycles. The largest absolute Gasteiger partial charge is 0.493 e. The molecule has 0 aliphatic heterocycles. The summed E-state index contributed by atoms with van der Waals surface area (Å²) in [6.07, 6.45) is 3.21. The number of ether oxygens (including phenoxy) is 1. The zero-order valence-corrected chi connectivity index (χ0v) is 22.8. The Morgan fingerprint density at radius 2 is 1.78 bits per heavy atom. The molecule has 2 aromatic carbocycles. The van der Waals surface area contributed by atoms with E-state index in [0.717, 1.165) is 16.8 Å². The van der Waals surface area contributed by atoms with Crippen molar-refractivity contribution in [2.24, 2.45) is 5.41 Å². The molecule has 1 heterocycles. The summed E-state index contributed by atoms with van der Waals surface area (Å²) in [6, 6.07) is 11.1. The number of amides is 2. The maximum atomic E-state index is 13.3. The number of imidazole rings is 1. The first-order valence-electron chi connectivity index (χ1n) is 12.1. The number of rotatable bonds is 6. The fourth-order valence-electron chi connectivity index (χ4n) is 3.69. The molecule has 0 unspecified atom stereocenters. The first kappa shape index (κ1) is 27.5. The Hall–Kier alpha value is -4.12. The zero-order chi connectivity index (χ0) is 27.5. The minimum absolute atomic E-state index is 0.0421. The molecule has 0 spiro atoms. The Labute approximate surface area is 218 Å². The van der Waals surface area contributed by atoms with Crippen LogP contribution in [0, 0.1) is 23.7 Å². The van der Waals surface area contributed by atoms with Crippen LogP contribution in [0.5, 0.6) is 5.75 Å². The lowest BCUT2D eigenvalue weighted by molar-refractivity contribution is 0.0934. The van der Waals surface area contributed by atoms with Crippen molar-refractivity contribution in [3.05, 3.63) is 70.8 Å². The van der Waals surface area contributed by atoms with Crippen molar-refractivity contribution in [1.82, 2.24) is 14.9 Å². The third-order valence-corrected chi connectivity index (χ3v) is 5.87. The maximum absolute atomic E-state index is 13.3. The molecular formula is C29H35N5O3. The van der Waals surface area contributed by atoms with Gasteiger partial charge in [-0.2, -0.15) is 5.26 Å². The average molecular weight is 502 g/mol. The molecule has 2 amide bonds. The van der Waals surface area contributed by atoms with E-state index in [4.69, 9.17) is 4.74 Å². The summed E-state index contributed by atoms with van der Waals surface area (Å²) in [5.74, 6) is -0.284. The highest BCUT2D eigenvalue weighted by Gasteiger charge is 2.22. The van der Waals surface area contributed by atoms with E-state index in [-0.39, 0.29) is 22.6 Å². The predicted molar refractivity (Wildman–Crippen MR) is 144 cm³/mol. The molecule has 2 N–H and O–H groups in total. The van der Waals surface area contributed by atoms with Crippen LogP contribution >= 0.6 is 0 Å². The van der Waals surface area contributed by atoms with Crippen molar-refractivity contribution in [3.63, 3.8) is 0 Å². The van der Waals surface area contributed by atoms with Crippen LogP contribution in [-0.4, -0.2) is 35.0 Å². The molecule has 0 saturated heterocycles. The molecule has 0 bridgehead atoms. The van der Waals surface area contributed by atoms with Gasteiger partial charge < -0.3 is 19.9 Å². The monoisotopic (exact) mass is 501 g/mol. The topological polar surface area (TPSA) is 109 Å². The fraction of sp³-hybridized carbons (Fsp3) is 0.379. The molecular weight excluding hydrogens is 466 g/mol. The molecule has 37 heavy (non-hydrogen) atoms. The Bertz CT molecular complexity index is 1370. The third-order valence-electron chi connectivity index (χ3n) is 5.87. The number of nitriles is 1. The molecule has 194 valence electrons. The highest BCUT2D eigenvalue weighted by Crippen LogP contribution is 2.35. The minimum atomic E-state index is -0.349. The summed E-state index contributed by atoms with van der Waals surface area (Å²) in [5.41, 5.74) is 3.76. The van der Waals surface area contributed by atoms with Crippen molar-refractivity contribution in [2.75, 3.05) is 19.0 Å². The quantitative estimate of drug-likeness (QED) is 0.471. The molecule has 8 heteroatoms. The molecule has 8 nitrogen and oxygen atoms in total. The minimum Gasteiger partial charge on any atom is -0.493 e. The number of methoxy groups -OCH3 is 1. The summed E-state index contributed by atoms with van der Waals surface area (Å²) in [7, 11) is 1.47. The van der Waals surface area contributed by atoms with Crippen molar-refractivity contribution in [1.29, 1.82) is 5.26 Å². The van der Waals surface area contributed by atoms with E-state index < -0.39 is 0 Å². The standard InChI is InChI=1S/C29H35N5O3/c1-18-9-10-19(12-24(18)34-15-23(32-17-34)27(36)31-16-28(2,3)4)26(35)33-22-13-21(29(5,6)7)11-20(14-30)25(22)37-8/h9-13,15,17H,16H2,1-8H3,(H,31,36)(H,33,35). The van der Waals surface area contributed by atoms with Gasteiger partial charge in [0.1, 0.15) is 18.1 Å². The van der Waals surface area contributed by atoms with E-state index >= 15 is 0 Å². The second-order valence-electron chi connectivity index (χ2n) is 11.3. The van der Waals surface area contributed by atoms with Gasteiger partial charge in [0, 0.05) is 18.3 Å². The van der Waals surface area contributed by atoms with Crippen molar-refractivity contribution in [2.45, 2.75) is 53.9 Å². The lowest BCUT2D eigenvalue weighted by atomic mass is 9.85. The predicted octanol–water partition coefficient (Wildman–Crippen LogP) is 5.39. The number of aromatic nitrogens is 2. The van der Waals surface area contributed by atoms with Gasteiger partial charge >= 0.3 is 0 Å². The van der Waals surface area contributed by atoms with Gasteiger partial charge in [-0.15, -0.1) is 0 Å². The van der Waals surface area contributed by atoms with Crippen LogP contribution in [0.3, 0.4) is 0 Å². The zero-order valence-electron chi connectivity index (χ0n) is 22.8. The van der Waals surface area contributed by atoms with Gasteiger partial charge in [0.2, 0.25) is 0 Å². The summed E-state index contributed by atoms with van der Waals surface area (Å²) >= 11 is 0. The second kappa shape index (κ2) is 10.5. The number of nitrogens with zero attached hydrogens (tertiary/aromatic N) is 3. The van der Waals surface area contributed by atoms with Gasteiger partial charge in [-0.3, -0.25) is 9.59 Å². The van der Waals surface area contributed by atoms with Crippen LogP contribution < -0.4 is 15.4 Å². The summed E-state index contributed by atoms with van der Waals surface area (Å²) < 4.78 is 7.19.